The molecule has 3 rings (SSSR count). The van der Waals surface area contributed by atoms with E-state index in [-0.39, 0.29) is 21.6 Å². The van der Waals surface area contributed by atoms with Crippen molar-refractivity contribution in [1.29, 1.82) is 0 Å². The van der Waals surface area contributed by atoms with Gasteiger partial charge in [-0.1, -0.05) is 18.2 Å². The van der Waals surface area contributed by atoms with Crippen molar-refractivity contribution in [3.8, 4) is 0 Å². The Kier molecular flexibility index (Phi) is 6.28. The maximum absolute atomic E-state index is 11.4. The monoisotopic (exact) mass is 436 g/mol. The third kappa shape index (κ3) is 4.87. The molecular formula is C18H21AsN2O6. The molecule has 1 aliphatic heterocycles. The Hall–Kier alpha value is -2.38. The number of carbonyl (C=O) groups is 2. The SMILES string of the molecule is CC(=O)Nc1cccc([As](=O)(O)OO)c1.CC1(C)C(=O)Nc2ccccc21. The summed E-state index contributed by atoms with van der Waals surface area (Å²) in [6.45, 7) is 5.20. The molecule has 4 N–H and O–H groups in total. The molecule has 0 fully saturated rings. The molecule has 0 radical (unpaired) electrons. The van der Waals surface area contributed by atoms with Crippen LogP contribution in [0.25, 0.3) is 0 Å². The minimum Gasteiger partial charge on any atom is -0.325 e. The van der Waals surface area contributed by atoms with Gasteiger partial charge in [0.2, 0.25) is 5.91 Å². The van der Waals surface area contributed by atoms with Crippen LogP contribution in [-0.2, 0) is 22.6 Å². The van der Waals surface area contributed by atoms with Crippen LogP contribution in [0.1, 0.15) is 26.3 Å². The van der Waals surface area contributed by atoms with Gasteiger partial charge in [0.05, 0.1) is 5.41 Å². The molecule has 27 heavy (non-hydrogen) atoms. The van der Waals surface area contributed by atoms with E-state index in [0.717, 1.165) is 11.3 Å². The average molecular weight is 436 g/mol. The van der Waals surface area contributed by atoms with Crippen molar-refractivity contribution in [2.45, 2.75) is 26.2 Å². The zero-order valence-electron chi connectivity index (χ0n) is 15.1. The van der Waals surface area contributed by atoms with Gasteiger partial charge in [0.25, 0.3) is 0 Å². The Labute approximate surface area is 159 Å². The fraction of sp³-hybridized carbons (Fsp3) is 0.222. The van der Waals surface area contributed by atoms with Crippen LogP contribution in [0.2, 0.25) is 0 Å². The molecular weight excluding hydrogens is 415 g/mol. The number of para-hydroxylation sites is 1. The van der Waals surface area contributed by atoms with Crippen LogP contribution in [0, 0.1) is 0 Å². The third-order valence-electron chi connectivity index (χ3n) is 4.02. The van der Waals surface area contributed by atoms with Gasteiger partial charge in [0.1, 0.15) is 0 Å². The number of anilines is 2. The molecule has 2 aromatic rings. The Bertz CT molecular complexity index is 912. The molecule has 8 nitrogen and oxygen atoms in total. The molecule has 0 spiro atoms. The van der Waals surface area contributed by atoms with Crippen LogP contribution >= 0.6 is 0 Å². The average Bonchev–Trinajstić information content (AvgIpc) is 2.85. The van der Waals surface area contributed by atoms with E-state index < -0.39 is 14.2 Å². The molecule has 0 saturated carbocycles. The van der Waals surface area contributed by atoms with E-state index in [1.807, 2.05) is 38.1 Å². The summed E-state index contributed by atoms with van der Waals surface area (Å²) >= 11 is -4.83. The van der Waals surface area contributed by atoms with Crippen molar-refractivity contribution in [3.63, 3.8) is 0 Å². The van der Waals surface area contributed by atoms with Gasteiger partial charge in [0.15, 0.2) is 0 Å². The fourth-order valence-corrected chi connectivity index (χ4v) is 3.96. The molecule has 0 saturated heterocycles. The summed E-state index contributed by atoms with van der Waals surface area (Å²) in [5.41, 5.74) is 2.05. The van der Waals surface area contributed by atoms with E-state index in [2.05, 4.69) is 14.5 Å². The number of fused-ring (bicyclic) bond motifs is 1. The molecule has 0 bridgehead atoms. The smallest absolute Gasteiger partial charge is 0.234 e. The van der Waals surface area contributed by atoms with Gasteiger partial charge >= 0.3 is 88.4 Å². The standard InChI is InChI=1S/C10H11NO.C8H10AsNO5/c1-10(2)7-5-3-4-6-8(7)11-9(10)12;1-6(11)10-8-4-2-3-7(5-8)9(12,13)15-14/h3-6H,1-2H3,(H,11,12);2-5,14H,1H3,(H,10,11)(H,12,13). The topological polar surface area (TPSA) is 125 Å². The first-order valence-corrected chi connectivity index (χ1v) is 11.3. The van der Waals surface area contributed by atoms with Gasteiger partial charge in [-0.15, -0.1) is 0 Å². The Morgan fingerprint density at radius 1 is 1.19 bits per heavy atom. The van der Waals surface area contributed by atoms with Crippen molar-refractivity contribution in [2.24, 2.45) is 0 Å². The number of carbonyl (C=O) groups excluding carboxylic acids is 2. The number of hydrogen-bond donors (Lipinski definition) is 4. The number of hydrogen-bond acceptors (Lipinski definition) is 5. The summed E-state index contributed by atoms with van der Waals surface area (Å²) < 4.78 is 23.9. The van der Waals surface area contributed by atoms with E-state index >= 15 is 0 Å². The molecule has 1 aliphatic rings. The molecule has 9 heteroatoms. The summed E-state index contributed by atoms with van der Waals surface area (Å²) in [4.78, 5) is 22.2. The summed E-state index contributed by atoms with van der Waals surface area (Å²) in [7, 11) is 0. The normalized spacial score (nSPS) is 16.3. The molecule has 0 aliphatic carbocycles. The molecule has 2 aromatic carbocycles. The number of benzene rings is 2. The minimum absolute atomic E-state index is 0.0399. The minimum atomic E-state index is -4.83. The first-order chi connectivity index (χ1) is 12.6. The van der Waals surface area contributed by atoms with Crippen molar-refractivity contribution in [1.82, 2.24) is 0 Å². The quantitative estimate of drug-likeness (QED) is 0.329. The molecule has 1 atom stereocenters. The predicted octanol–water partition coefficient (Wildman–Crippen LogP) is 1.62. The van der Waals surface area contributed by atoms with Gasteiger partial charge in [-0.05, 0) is 25.5 Å². The second kappa shape index (κ2) is 8.10. The Morgan fingerprint density at radius 3 is 2.44 bits per heavy atom. The number of rotatable bonds is 3. The molecule has 1 unspecified atom stereocenters. The van der Waals surface area contributed by atoms with E-state index in [0.29, 0.717) is 5.69 Å². The summed E-state index contributed by atoms with van der Waals surface area (Å²) in [6.07, 6.45) is 0. The summed E-state index contributed by atoms with van der Waals surface area (Å²) in [6, 6.07) is 13.5. The van der Waals surface area contributed by atoms with Gasteiger partial charge in [0, 0.05) is 5.69 Å². The summed E-state index contributed by atoms with van der Waals surface area (Å²) in [5, 5.41) is 13.5. The van der Waals surface area contributed by atoms with E-state index in [1.54, 1.807) is 6.07 Å². The van der Waals surface area contributed by atoms with Crippen molar-refractivity contribution in [2.75, 3.05) is 10.6 Å². The molecule has 2 amide bonds. The van der Waals surface area contributed by atoms with Crippen molar-refractivity contribution in [3.05, 3.63) is 54.1 Å². The zero-order chi connectivity index (χ0) is 20.2. The molecule has 144 valence electrons. The number of nitrogens with one attached hydrogen (secondary N) is 2. The van der Waals surface area contributed by atoms with Gasteiger partial charge in [-0.2, -0.15) is 0 Å². The molecule has 0 aromatic heterocycles. The number of amides is 2. The third-order valence-corrected chi connectivity index (χ3v) is 6.44. The second-order valence-electron chi connectivity index (χ2n) is 6.46. The maximum atomic E-state index is 11.4. The van der Waals surface area contributed by atoms with Crippen molar-refractivity contribution >= 4 is 41.7 Å². The fourth-order valence-electron chi connectivity index (χ4n) is 2.55. The Balaban J connectivity index is 0.000000198. The van der Waals surface area contributed by atoms with E-state index in [1.165, 1.54) is 25.1 Å². The largest absolute Gasteiger partial charge is 0.325 e. The van der Waals surface area contributed by atoms with Crippen LogP contribution in [0.4, 0.5) is 11.4 Å². The van der Waals surface area contributed by atoms with Gasteiger partial charge < -0.3 is 5.32 Å². The van der Waals surface area contributed by atoms with Crippen LogP contribution < -0.4 is 15.0 Å². The van der Waals surface area contributed by atoms with Crippen LogP contribution in [-0.4, -0.2) is 35.3 Å². The van der Waals surface area contributed by atoms with Crippen molar-refractivity contribution < 1.29 is 26.6 Å². The second-order valence-corrected chi connectivity index (χ2v) is 10.1. The summed E-state index contributed by atoms with van der Waals surface area (Å²) in [5.74, 6) is -0.208. The predicted molar refractivity (Wildman–Crippen MR) is 101 cm³/mol. The van der Waals surface area contributed by atoms with Gasteiger partial charge in [-0.3, -0.25) is 4.79 Å². The van der Waals surface area contributed by atoms with E-state index in [4.69, 9.17) is 5.26 Å². The van der Waals surface area contributed by atoms with Gasteiger partial charge in [-0.25, -0.2) is 0 Å². The first kappa shape index (κ1) is 20.9. The van der Waals surface area contributed by atoms with Crippen LogP contribution in [0.5, 0.6) is 0 Å². The first-order valence-electron chi connectivity index (χ1n) is 8.03. The van der Waals surface area contributed by atoms with Crippen LogP contribution in [0.3, 0.4) is 0 Å². The zero-order valence-corrected chi connectivity index (χ0v) is 17.0. The van der Waals surface area contributed by atoms with Crippen LogP contribution in [0.15, 0.2) is 48.5 Å². The maximum Gasteiger partial charge on any atom is 0.234 e. The Morgan fingerprint density at radius 2 is 1.85 bits per heavy atom. The molecule has 1 heterocycles. The van der Waals surface area contributed by atoms with E-state index in [9.17, 15) is 17.4 Å².